The Hall–Kier alpha value is -0.880. The molecule has 18 heavy (non-hydrogen) atoms. The maximum absolute atomic E-state index is 11.3. The van der Waals surface area contributed by atoms with Gasteiger partial charge in [-0.2, -0.15) is 0 Å². The van der Waals surface area contributed by atoms with E-state index in [-0.39, 0.29) is 4.90 Å². The van der Waals surface area contributed by atoms with Crippen molar-refractivity contribution in [3.8, 4) is 0 Å². The SMILES string of the molecule is CS(=O)(=O)c1ccc(C(O)c2ccc(Cl)s2)cc1. The van der Waals surface area contributed by atoms with Crippen LogP contribution in [0.15, 0.2) is 41.3 Å². The molecular weight excluding hydrogens is 292 g/mol. The molecule has 6 heteroatoms. The molecule has 0 saturated heterocycles. The summed E-state index contributed by atoms with van der Waals surface area (Å²) in [5.41, 5.74) is 0.640. The molecule has 0 bridgehead atoms. The van der Waals surface area contributed by atoms with Crippen LogP contribution in [0.1, 0.15) is 16.5 Å². The van der Waals surface area contributed by atoms with Crippen LogP contribution in [0.4, 0.5) is 0 Å². The van der Waals surface area contributed by atoms with Crippen molar-refractivity contribution in [1.82, 2.24) is 0 Å². The topological polar surface area (TPSA) is 54.4 Å². The minimum Gasteiger partial charge on any atom is -0.383 e. The number of hydrogen-bond donors (Lipinski definition) is 1. The van der Waals surface area contributed by atoms with Gasteiger partial charge in [0.15, 0.2) is 9.84 Å². The average Bonchev–Trinajstić information content (AvgIpc) is 2.74. The van der Waals surface area contributed by atoms with E-state index in [1.54, 1.807) is 24.3 Å². The molecule has 1 N–H and O–H groups in total. The van der Waals surface area contributed by atoms with Crippen LogP contribution in [0, 0.1) is 0 Å². The van der Waals surface area contributed by atoms with Gasteiger partial charge in [0.2, 0.25) is 0 Å². The van der Waals surface area contributed by atoms with Crippen LogP contribution in [0.5, 0.6) is 0 Å². The van der Waals surface area contributed by atoms with Crippen molar-refractivity contribution in [3.63, 3.8) is 0 Å². The van der Waals surface area contributed by atoms with Gasteiger partial charge in [-0.15, -0.1) is 11.3 Å². The molecule has 1 atom stereocenters. The summed E-state index contributed by atoms with van der Waals surface area (Å²) in [6.07, 6.45) is 0.369. The summed E-state index contributed by atoms with van der Waals surface area (Å²) in [5.74, 6) is 0. The van der Waals surface area contributed by atoms with E-state index in [2.05, 4.69) is 0 Å². The van der Waals surface area contributed by atoms with Gasteiger partial charge in [-0.3, -0.25) is 0 Å². The van der Waals surface area contributed by atoms with Gasteiger partial charge in [0.05, 0.1) is 9.23 Å². The Balaban J connectivity index is 2.30. The lowest BCUT2D eigenvalue weighted by molar-refractivity contribution is 0.224. The first kappa shape index (κ1) is 13.5. The average molecular weight is 303 g/mol. The molecule has 0 aliphatic carbocycles. The van der Waals surface area contributed by atoms with Gasteiger partial charge < -0.3 is 5.11 Å². The molecule has 1 unspecified atom stereocenters. The van der Waals surface area contributed by atoms with E-state index < -0.39 is 15.9 Å². The fourth-order valence-corrected chi connectivity index (χ4v) is 3.24. The number of sulfone groups is 1. The molecule has 0 amide bonds. The summed E-state index contributed by atoms with van der Waals surface area (Å²) in [7, 11) is -3.21. The molecule has 2 aromatic rings. The summed E-state index contributed by atoms with van der Waals surface area (Å²) in [5, 5.41) is 10.1. The summed E-state index contributed by atoms with van der Waals surface area (Å²) in [6.45, 7) is 0. The molecule has 2 rings (SSSR count). The fourth-order valence-electron chi connectivity index (χ4n) is 1.54. The third-order valence-electron chi connectivity index (χ3n) is 2.49. The highest BCUT2D eigenvalue weighted by molar-refractivity contribution is 7.90. The zero-order valence-electron chi connectivity index (χ0n) is 9.50. The van der Waals surface area contributed by atoms with Gasteiger partial charge in [-0.05, 0) is 29.8 Å². The van der Waals surface area contributed by atoms with Gasteiger partial charge in [0.1, 0.15) is 6.10 Å². The van der Waals surface area contributed by atoms with Crippen molar-refractivity contribution in [2.75, 3.05) is 6.26 Å². The van der Waals surface area contributed by atoms with E-state index >= 15 is 0 Å². The first-order valence-electron chi connectivity index (χ1n) is 5.11. The number of hydrogen-bond acceptors (Lipinski definition) is 4. The molecule has 1 aromatic heterocycles. The number of thiophene rings is 1. The second-order valence-corrected chi connectivity index (χ2v) is 7.65. The Morgan fingerprint density at radius 1 is 1.17 bits per heavy atom. The summed E-state index contributed by atoms with van der Waals surface area (Å²) >= 11 is 7.10. The van der Waals surface area contributed by atoms with E-state index in [9.17, 15) is 13.5 Å². The highest BCUT2D eigenvalue weighted by Crippen LogP contribution is 2.31. The Morgan fingerprint density at radius 2 is 1.78 bits per heavy atom. The third kappa shape index (κ3) is 2.92. The number of halogens is 1. The van der Waals surface area contributed by atoms with Gasteiger partial charge >= 0.3 is 0 Å². The Bertz CT molecular complexity index is 644. The van der Waals surface area contributed by atoms with Crippen LogP contribution in [0.25, 0.3) is 0 Å². The molecule has 0 radical (unpaired) electrons. The van der Waals surface area contributed by atoms with Crippen molar-refractivity contribution in [1.29, 1.82) is 0 Å². The zero-order valence-corrected chi connectivity index (χ0v) is 11.9. The molecule has 0 aliphatic rings. The number of benzene rings is 1. The van der Waals surface area contributed by atoms with Gasteiger partial charge in [0.25, 0.3) is 0 Å². The molecular formula is C12H11ClO3S2. The Morgan fingerprint density at radius 3 is 2.22 bits per heavy atom. The van der Waals surface area contributed by atoms with Crippen molar-refractivity contribution >= 4 is 32.8 Å². The van der Waals surface area contributed by atoms with E-state index in [0.29, 0.717) is 9.90 Å². The summed E-state index contributed by atoms with van der Waals surface area (Å²) in [6, 6.07) is 9.66. The zero-order chi connectivity index (χ0) is 13.3. The Labute approximate surface area is 115 Å². The first-order valence-corrected chi connectivity index (χ1v) is 8.20. The molecule has 0 fully saturated rings. The first-order chi connectivity index (χ1) is 8.38. The Kier molecular flexibility index (Phi) is 3.77. The van der Waals surface area contributed by atoms with Crippen molar-refractivity contribution in [2.24, 2.45) is 0 Å². The lowest BCUT2D eigenvalue weighted by atomic mass is 10.1. The van der Waals surface area contributed by atoms with E-state index in [4.69, 9.17) is 11.6 Å². The van der Waals surface area contributed by atoms with Crippen LogP contribution in [-0.4, -0.2) is 19.8 Å². The number of aliphatic hydroxyl groups is 1. The van der Waals surface area contributed by atoms with Crippen LogP contribution in [-0.2, 0) is 9.84 Å². The van der Waals surface area contributed by atoms with E-state index in [1.165, 1.54) is 23.5 Å². The third-order valence-corrected chi connectivity index (χ3v) is 4.90. The molecule has 0 aliphatic heterocycles. The van der Waals surface area contributed by atoms with Crippen LogP contribution < -0.4 is 0 Å². The number of rotatable bonds is 3. The maximum atomic E-state index is 11.3. The van der Waals surface area contributed by atoms with E-state index in [1.807, 2.05) is 0 Å². The second-order valence-electron chi connectivity index (χ2n) is 3.89. The van der Waals surface area contributed by atoms with Crippen LogP contribution >= 0.6 is 22.9 Å². The van der Waals surface area contributed by atoms with Gasteiger partial charge in [-0.1, -0.05) is 23.7 Å². The highest BCUT2D eigenvalue weighted by atomic mass is 35.5. The lowest BCUT2D eigenvalue weighted by Crippen LogP contribution is -2.00. The van der Waals surface area contributed by atoms with Crippen molar-refractivity contribution < 1.29 is 13.5 Å². The summed E-state index contributed by atoms with van der Waals surface area (Å²) < 4.78 is 23.2. The molecule has 96 valence electrons. The largest absolute Gasteiger partial charge is 0.383 e. The fraction of sp³-hybridized carbons (Fsp3) is 0.167. The molecule has 1 heterocycles. The van der Waals surface area contributed by atoms with Gasteiger partial charge in [-0.25, -0.2) is 8.42 Å². The molecule has 0 saturated carbocycles. The maximum Gasteiger partial charge on any atom is 0.175 e. The normalized spacial score (nSPS) is 13.5. The number of aliphatic hydroxyl groups excluding tert-OH is 1. The lowest BCUT2D eigenvalue weighted by Gasteiger charge is -2.09. The minimum absolute atomic E-state index is 0.239. The van der Waals surface area contributed by atoms with Crippen molar-refractivity contribution in [2.45, 2.75) is 11.0 Å². The quantitative estimate of drug-likeness (QED) is 0.948. The standard InChI is InChI=1S/C12H11ClO3S2/c1-18(15,16)9-4-2-8(3-5-9)12(14)10-6-7-11(13)17-10/h2-7,12,14H,1H3. The molecule has 0 spiro atoms. The van der Waals surface area contributed by atoms with Crippen LogP contribution in [0.3, 0.4) is 0 Å². The summed E-state index contributed by atoms with van der Waals surface area (Å²) in [4.78, 5) is 0.967. The highest BCUT2D eigenvalue weighted by Gasteiger charge is 2.14. The molecule has 1 aromatic carbocycles. The van der Waals surface area contributed by atoms with Crippen LogP contribution in [0.2, 0.25) is 4.34 Å². The predicted molar refractivity (Wildman–Crippen MR) is 72.9 cm³/mol. The van der Waals surface area contributed by atoms with Gasteiger partial charge in [0, 0.05) is 11.1 Å². The minimum atomic E-state index is -3.21. The van der Waals surface area contributed by atoms with E-state index in [0.717, 1.165) is 11.1 Å². The second kappa shape index (κ2) is 5.01. The smallest absolute Gasteiger partial charge is 0.175 e. The monoisotopic (exact) mass is 302 g/mol. The van der Waals surface area contributed by atoms with Crippen molar-refractivity contribution in [3.05, 3.63) is 51.2 Å². The molecule has 3 nitrogen and oxygen atoms in total. The predicted octanol–water partition coefficient (Wildman–Crippen LogP) is 2.89.